The van der Waals surface area contributed by atoms with Crippen molar-refractivity contribution < 1.29 is 22.7 Å². The van der Waals surface area contributed by atoms with Gasteiger partial charge in [-0.1, -0.05) is 60.1 Å². The van der Waals surface area contributed by atoms with Crippen molar-refractivity contribution >= 4 is 39.1 Å². The van der Waals surface area contributed by atoms with E-state index >= 15 is 0 Å². The molecule has 0 aliphatic heterocycles. The SMILES string of the molecule is CCNC(=O)[C@H](Cc1ccccc1)N(Cc1ccccc1Cl)C(=O)CN(c1ccc(OCC)cc1)S(C)(=O)=O. The summed E-state index contributed by atoms with van der Waals surface area (Å²) in [6.07, 6.45) is 1.28. The highest BCUT2D eigenvalue weighted by Crippen LogP contribution is 2.24. The monoisotopic (exact) mass is 571 g/mol. The fourth-order valence-corrected chi connectivity index (χ4v) is 5.19. The minimum atomic E-state index is -3.85. The minimum absolute atomic E-state index is 0.0218. The van der Waals surface area contributed by atoms with Crippen LogP contribution in [0.1, 0.15) is 25.0 Å². The summed E-state index contributed by atoms with van der Waals surface area (Å²) in [7, 11) is -3.85. The quantitative estimate of drug-likeness (QED) is 0.330. The molecule has 0 aliphatic carbocycles. The number of hydrogen-bond donors (Lipinski definition) is 1. The number of rotatable bonds is 13. The summed E-state index contributed by atoms with van der Waals surface area (Å²) in [5.74, 6) is -0.296. The van der Waals surface area contributed by atoms with E-state index in [1.165, 1.54) is 4.90 Å². The van der Waals surface area contributed by atoms with E-state index in [1.807, 2.05) is 37.3 Å². The van der Waals surface area contributed by atoms with Gasteiger partial charge in [0.15, 0.2) is 0 Å². The van der Waals surface area contributed by atoms with Crippen molar-refractivity contribution in [2.24, 2.45) is 0 Å². The Kier molecular flexibility index (Phi) is 10.8. The molecule has 3 rings (SSSR count). The maximum atomic E-state index is 14.0. The third kappa shape index (κ3) is 8.46. The third-order valence-electron chi connectivity index (χ3n) is 6.04. The number of ether oxygens (including phenoxy) is 1. The predicted octanol–water partition coefficient (Wildman–Crippen LogP) is 4.28. The van der Waals surface area contributed by atoms with Crippen molar-refractivity contribution in [3.05, 3.63) is 95.0 Å². The maximum absolute atomic E-state index is 14.0. The van der Waals surface area contributed by atoms with Crippen molar-refractivity contribution in [2.75, 3.05) is 30.3 Å². The number of halogens is 1. The second-order valence-corrected chi connectivity index (χ2v) is 11.2. The third-order valence-corrected chi connectivity index (χ3v) is 7.54. The average molecular weight is 572 g/mol. The molecule has 3 aromatic carbocycles. The van der Waals surface area contributed by atoms with Crippen LogP contribution in [0.4, 0.5) is 5.69 Å². The molecule has 0 bridgehead atoms. The van der Waals surface area contributed by atoms with Crippen LogP contribution in [0, 0.1) is 0 Å². The van der Waals surface area contributed by atoms with Gasteiger partial charge in [-0.05, 0) is 55.3 Å². The number of benzene rings is 3. The average Bonchev–Trinajstić information content (AvgIpc) is 2.91. The number of hydrogen-bond acceptors (Lipinski definition) is 5. The molecule has 0 fully saturated rings. The molecule has 2 amide bonds. The van der Waals surface area contributed by atoms with E-state index in [2.05, 4.69) is 5.32 Å². The zero-order valence-electron chi connectivity index (χ0n) is 22.3. The smallest absolute Gasteiger partial charge is 0.244 e. The molecule has 0 aromatic heterocycles. The predicted molar refractivity (Wildman–Crippen MR) is 154 cm³/mol. The maximum Gasteiger partial charge on any atom is 0.244 e. The van der Waals surface area contributed by atoms with Crippen molar-refractivity contribution in [2.45, 2.75) is 32.9 Å². The lowest BCUT2D eigenvalue weighted by atomic mass is 10.0. The van der Waals surface area contributed by atoms with E-state index in [1.54, 1.807) is 55.5 Å². The Morgan fingerprint density at radius 2 is 1.59 bits per heavy atom. The summed E-state index contributed by atoms with van der Waals surface area (Å²) in [5, 5.41) is 3.26. The Bertz CT molecular complexity index is 1350. The molecule has 0 unspecified atom stereocenters. The summed E-state index contributed by atoms with van der Waals surface area (Å²) in [6, 6.07) is 22.0. The molecular formula is C29H34ClN3O5S. The first-order chi connectivity index (χ1) is 18.6. The lowest BCUT2D eigenvalue weighted by molar-refractivity contribution is -0.140. The van der Waals surface area contributed by atoms with Crippen LogP contribution in [0.15, 0.2) is 78.9 Å². The van der Waals surface area contributed by atoms with Crippen LogP contribution in [0.2, 0.25) is 5.02 Å². The van der Waals surface area contributed by atoms with Gasteiger partial charge in [0.05, 0.1) is 18.6 Å². The molecule has 0 heterocycles. The van der Waals surface area contributed by atoms with E-state index in [-0.39, 0.29) is 18.9 Å². The summed E-state index contributed by atoms with van der Waals surface area (Å²) in [4.78, 5) is 28.7. The summed E-state index contributed by atoms with van der Waals surface area (Å²) < 4.78 is 32.2. The first kappa shape index (κ1) is 30.0. The molecule has 1 atom stereocenters. The fourth-order valence-electron chi connectivity index (χ4n) is 4.15. The van der Waals surface area contributed by atoms with Gasteiger partial charge in [0.25, 0.3) is 0 Å². The number of nitrogens with zero attached hydrogens (tertiary/aromatic N) is 2. The largest absolute Gasteiger partial charge is 0.494 e. The molecule has 1 N–H and O–H groups in total. The fraction of sp³-hybridized carbons (Fsp3) is 0.310. The van der Waals surface area contributed by atoms with E-state index in [0.717, 1.165) is 16.1 Å². The van der Waals surface area contributed by atoms with Gasteiger partial charge in [0.1, 0.15) is 18.3 Å². The van der Waals surface area contributed by atoms with Crippen LogP contribution in [0.25, 0.3) is 0 Å². The number of carbonyl (C=O) groups is 2. The second-order valence-electron chi connectivity index (χ2n) is 8.91. The molecule has 0 aliphatic rings. The molecule has 3 aromatic rings. The number of amides is 2. The van der Waals surface area contributed by atoms with E-state index in [9.17, 15) is 18.0 Å². The van der Waals surface area contributed by atoms with E-state index < -0.39 is 28.5 Å². The van der Waals surface area contributed by atoms with Crippen LogP contribution >= 0.6 is 11.6 Å². The molecular weight excluding hydrogens is 538 g/mol. The second kappa shape index (κ2) is 14.0. The van der Waals surface area contributed by atoms with Crippen LogP contribution < -0.4 is 14.4 Å². The Balaban J connectivity index is 2.02. The molecule has 0 saturated carbocycles. The first-order valence-corrected chi connectivity index (χ1v) is 14.9. The number of carbonyl (C=O) groups excluding carboxylic acids is 2. The van der Waals surface area contributed by atoms with Gasteiger partial charge in [0.2, 0.25) is 21.8 Å². The van der Waals surface area contributed by atoms with Gasteiger partial charge in [0, 0.05) is 24.5 Å². The molecule has 39 heavy (non-hydrogen) atoms. The molecule has 0 radical (unpaired) electrons. The molecule has 208 valence electrons. The number of likely N-dealkylation sites (N-methyl/N-ethyl adjacent to an activating group) is 1. The Morgan fingerprint density at radius 3 is 2.18 bits per heavy atom. The van der Waals surface area contributed by atoms with Gasteiger partial charge < -0.3 is 15.0 Å². The normalized spacial score (nSPS) is 11.9. The molecule has 10 heteroatoms. The zero-order chi connectivity index (χ0) is 28.4. The molecule has 8 nitrogen and oxygen atoms in total. The number of anilines is 1. The summed E-state index contributed by atoms with van der Waals surface area (Å²) in [6.45, 7) is 4.02. The lowest BCUT2D eigenvalue weighted by Gasteiger charge is -2.33. The van der Waals surface area contributed by atoms with Crippen molar-refractivity contribution in [1.29, 1.82) is 0 Å². The van der Waals surface area contributed by atoms with Gasteiger partial charge in [-0.3, -0.25) is 13.9 Å². The van der Waals surface area contributed by atoms with Gasteiger partial charge in [-0.25, -0.2) is 8.42 Å². The minimum Gasteiger partial charge on any atom is -0.494 e. The highest BCUT2D eigenvalue weighted by molar-refractivity contribution is 7.92. The number of sulfonamides is 1. The van der Waals surface area contributed by atoms with Crippen LogP contribution in [-0.4, -0.2) is 57.1 Å². The molecule has 0 saturated heterocycles. The topological polar surface area (TPSA) is 96.0 Å². The van der Waals surface area contributed by atoms with Gasteiger partial charge in [-0.15, -0.1) is 0 Å². The highest BCUT2D eigenvalue weighted by atomic mass is 35.5. The summed E-state index contributed by atoms with van der Waals surface area (Å²) in [5.41, 5.74) is 1.81. The Morgan fingerprint density at radius 1 is 0.949 bits per heavy atom. The van der Waals surface area contributed by atoms with E-state index in [0.29, 0.717) is 35.2 Å². The molecule has 0 spiro atoms. The van der Waals surface area contributed by atoms with Crippen LogP contribution in [0.5, 0.6) is 5.75 Å². The Hall–Kier alpha value is -3.56. The van der Waals surface area contributed by atoms with Crippen molar-refractivity contribution in [1.82, 2.24) is 10.2 Å². The highest BCUT2D eigenvalue weighted by Gasteiger charge is 2.33. The lowest BCUT2D eigenvalue weighted by Crippen LogP contribution is -2.53. The summed E-state index contributed by atoms with van der Waals surface area (Å²) >= 11 is 6.44. The van der Waals surface area contributed by atoms with Crippen molar-refractivity contribution in [3.63, 3.8) is 0 Å². The first-order valence-electron chi connectivity index (χ1n) is 12.7. The van der Waals surface area contributed by atoms with Gasteiger partial charge in [-0.2, -0.15) is 0 Å². The zero-order valence-corrected chi connectivity index (χ0v) is 23.9. The van der Waals surface area contributed by atoms with Gasteiger partial charge >= 0.3 is 0 Å². The Labute approximate surface area is 235 Å². The van der Waals surface area contributed by atoms with Crippen LogP contribution in [0.3, 0.4) is 0 Å². The number of nitrogens with one attached hydrogen (secondary N) is 1. The van der Waals surface area contributed by atoms with E-state index in [4.69, 9.17) is 16.3 Å². The van der Waals surface area contributed by atoms with Crippen LogP contribution in [-0.2, 0) is 32.6 Å². The van der Waals surface area contributed by atoms with Crippen molar-refractivity contribution in [3.8, 4) is 5.75 Å². The standard InChI is InChI=1S/C29H34ClN3O5S/c1-4-31-29(35)27(19-22-11-7-6-8-12-22)32(20-23-13-9-10-14-26(23)30)28(34)21-33(39(3,36)37)24-15-17-25(18-16-24)38-5-2/h6-18,27H,4-5,19-21H2,1-3H3,(H,31,35)/t27-/m0/s1.